The molecule has 3 atom stereocenters. The van der Waals surface area contributed by atoms with Crippen molar-refractivity contribution in [3.63, 3.8) is 0 Å². The minimum Gasteiger partial charge on any atom is -0.481 e. The molecular formula is C15H26N2O3S. The van der Waals surface area contributed by atoms with E-state index in [9.17, 15) is 14.7 Å². The van der Waals surface area contributed by atoms with Gasteiger partial charge in [0.25, 0.3) is 0 Å². The van der Waals surface area contributed by atoms with E-state index < -0.39 is 11.4 Å². The van der Waals surface area contributed by atoms with Crippen molar-refractivity contribution in [2.45, 2.75) is 45.6 Å². The molecule has 1 aliphatic heterocycles. The highest BCUT2D eigenvalue weighted by atomic mass is 32.2. The summed E-state index contributed by atoms with van der Waals surface area (Å²) in [5, 5.41) is 12.5. The van der Waals surface area contributed by atoms with Crippen molar-refractivity contribution in [1.29, 1.82) is 0 Å². The van der Waals surface area contributed by atoms with Gasteiger partial charge in [0.05, 0.1) is 5.41 Å². The van der Waals surface area contributed by atoms with Gasteiger partial charge in [-0.3, -0.25) is 4.79 Å². The van der Waals surface area contributed by atoms with Gasteiger partial charge in [0.15, 0.2) is 0 Å². The second-order valence-corrected chi connectivity index (χ2v) is 7.66. The van der Waals surface area contributed by atoms with Crippen LogP contribution < -0.4 is 5.32 Å². The van der Waals surface area contributed by atoms with Crippen LogP contribution in [0.25, 0.3) is 0 Å². The predicted molar refractivity (Wildman–Crippen MR) is 84.6 cm³/mol. The van der Waals surface area contributed by atoms with Gasteiger partial charge in [-0.25, -0.2) is 4.79 Å². The number of carbonyl (C=O) groups excluding carboxylic acids is 1. The van der Waals surface area contributed by atoms with Crippen molar-refractivity contribution in [1.82, 2.24) is 10.2 Å². The Morgan fingerprint density at radius 2 is 2.29 bits per heavy atom. The highest BCUT2D eigenvalue weighted by Crippen LogP contribution is 2.48. The smallest absolute Gasteiger partial charge is 0.317 e. The van der Waals surface area contributed by atoms with Gasteiger partial charge in [-0.1, -0.05) is 13.3 Å². The van der Waals surface area contributed by atoms with Crippen molar-refractivity contribution < 1.29 is 14.7 Å². The van der Waals surface area contributed by atoms with Gasteiger partial charge in [-0.2, -0.15) is 11.8 Å². The Balaban J connectivity index is 1.86. The Bertz CT molecular complexity index is 404. The number of thioether (sulfide) groups is 1. The molecule has 2 rings (SSSR count). The van der Waals surface area contributed by atoms with E-state index in [-0.39, 0.29) is 18.0 Å². The van der Waals surface area contributed by atoms with E-state index in [4.69, 9.17) is 0 Å². The molecule has 5 nitrogen and oxygen atoms in total. The Labute approximate surface area is 130 Å². The highest BCUT2D eigenvalue weighted by molar-refractivity contribution is 7.99. The van der Waals surface area contributed by atoms with Crippen LogP contribution in [0.1, 0.15) is 39.5 Å². The maximum atomic E-state index is 12.3. The van der Waals surface area contributed by atoms with Crippen molar-refractivity contribution in [2.75, 3.05) is 24.6 Å². The van der Waals surface area contributed by atoms with E-state index in [2.05, 4.69) is 12.2 Å². The third kappa shape index (κ3) is 3.47. The normalized spacial score (nSPS) is 29.2. The first-order valence-corrected chi connectivity index (χ1v) is 9.01. The van der Waals surface area contributed by atoms with Crippen LogP contribution in [0.5, 0.6) is 0 Å². The summed E-state index contributed by atoms with van der Waals surface area (Å²) in [6.07, 6.45) is 3.56. The first-order valence-electron chi connectivity index (χ1n) is 7.86. The van der Waals surface area contributed by atoms with Crippen molar-refractivity contribution >= 4 is 23.8 Å². The number of amides is 2. The van der Waals surface area contributed by atoms with Gasteiger partial charge in [-0.05, 0) is 43.6 Å². The molecule has 0 bridgehead atoms. The number of hydrogen-bond donors (Lipinski definition) is 2. The summed E-state index contributed by atoms with van der Waals surface area (Å²) < 4.78 is 0. The molecular weight excluding hydrogens is 288 g/mol. The van der Waals surface area contributed by atoms with Crippen LogP contribution in [0, 0.1) is 11.3 Å². The third-order valence-corrected chi connectivity index (χ3v) is 5.79. The van der Waals surface area contributed by atoms with Crippen LogP contribution in [0.3, 0.4) is 0 Å². The minimum absolute atomic E-state index is 0.0981. The third-order valence-electron chi connectivity index (χ3n) is 4.85. The van der Waals surface area contributed by atoms with Gasteiger partial charge < -0.3 is 15.3 Å². The number of nitrogens with zero attached hydrogens (tertiary/aromatic N) is 1. The predicted octanol–water partition coefficient (Wildman–Crippen LogP) is 2.41. The zero-order valence-electron chi connectivity index (χ0n) is 12.9. The van der Waals surface area contributed by atoms with Crippen molar-refractivity contribution in [3.8, 4) is 0 Å². The van der Waals surface area contributed by atoms with E-state index in [0.717, 1.165) is 30.8 Å². The quantitative estimate of drug-likeness (QED) is 0.739. The number of urea groups is 1. The van der Waals surface area contributed by atoms with Crippen LogP contribution in [0.15, 0.2) is 0 Å². The summed E-state index contributed by atoms with van der Waals surface area (Å²) in [5.74, 6) is 1.54. The summed E-state index contributed by atoms with van der Waals surface area (Å²) >= 11 is 1.87. The number of aliphatic carboxylic acids is 1. The molecule has 1 heterocycles. The standard InChI is InChI=1S/C15H26N2O3S/c1-3-21-8-6-11(2)16-14(20)17-9-12-5-4-7-15(12,10-17)13(18)19/h11-12H,3-10H2,1-2H3,(H,16,20)(H,18,19)/t11?,12-,15+/m0/s1. The molecule has 1 saturated carbocycles. The Hall–Kier alpha value is -0.910. The molecule has 1 unspecified atom stereocenters. The van der Waals surface area contributed by atoms with Crippen LogP contribution in [0.2, 0.25) is 0 Å². The number of rotatable bonds is 6. The number of carboxylic acid groups (broad SMARTS) is 1. The molecule has 21 heavy (non-hydrogen) atoms. The fourth-order valence-corrected chi connectivity index (χ4v) is 4.38. The number of hydrogen-bond acceptors (Lipinski definition) is 3. The Morgan fingerprint density at radius 3 is 2.90 bits per heavy atom. The summed E-state index contributed by atoms with van der Waals surface area (Å²) in [6, 6.07) is 0.0387. The molecule has 120 valence electrons. The first kappa shape index (κ1) is 16.5. The number of carbonyl (C=O) groups is 2. The number of fused-ring (bicyclic) bond motifs is 1. The first-order chi connectivity index (χ1) is 9.99. The minimum atomic E-state index is -0.729. The lowest BCUT2D eigenvalue weighted by molar-refractivity contribution is -0.149. The van der Waals surface area contributed by atoms with Crippen LogP contribution in [0.4, 0.5) is 4.79 Å². The van der Waals surface area contributed by atoms with E-state index in [1.54, 1.807) is 4.90 Å². The molecule has 2 fully saturated rings. The van der Waals surface area contributed by atoms with E-state index in [1.807, 2.05) is 18.7 Å². The zero-order chi connectivity index (χ0) is 15.5. The molecule has 0 aromatic carbocycles. The molecule has 2 amide bonds. The highest BCUT2D eigenvalue weighted by Gasteiger charge is 2.55. The molecule has 2 aliphatic rings. The summed E-state index contributed by atoms with van der Waals surface area (Å²) in [4.78, 5) is 25.6. The fraction of sp³-hybridized carbons (Fsp3) is 0.867. The Kier molecular flexibility index (Phi) is 5.41. The lowest BCUT2D eigenvalue weighted by Gasteiger charge is -2.24. The van der Waals surface area contributed by atoms with Gasteiger partial charge in [0.1, 0.15) is 0 Å². The molecule has 0 radical (unpaired) electrons. The molecule has 6 heteroatoms. The molecule has 2 N–H and O–H groups in total. The van der Waals surface area contributed by atoms with Gasteiger partial charge in [0, 0.05) is 19.1 Å². The maximum Gasteiger partial charge on any atom is 0.317 e. The van der Waals surface area contributed by atoms with Crippen molar-refractivity contribution in [2.24, 2.45) is 11.3 Å². The molecule has 0 aromatic heterocycles. The Morgan fingerprint density at radius 1 is 1.52 bits per heavy atom. The average molecular weight is 314 g/mol. The molecule has 1 aliphatic carbocycles. The zero-order valence-corrected chi connectivity index (χ0v) is 13.7. The monoisotopic (exact) mass is 314 g/mol. The van der Waals surface area contributed by atoms with E-state index in [0.29, 0.717) is 19.5 Å². The lowest BCUT2D eigenvalue weighted by Crippen LogP contribution is -2.44. The SMILES string of the molecule is CCSCCC(C)NC(=O)N1C[C@@H]2CCC[C@@]2(C(=O)O)C1. The summed E-state index contributed by atoms with van der Waals surface area (Å²) in [5.41, 5.74) is -0.682. The molecule has 1 saturated heterocycles. The molecule has 0 aromatic rings. The van der Waals surface area contributed by atoms with Gasteiger partial charge in [-0.15, -0.1) is 0 Å². The summed E-state index contributed by atoms with van der Waals surface area (Å²) in [7, 11) is 0. The van der Waals surface area contributed by atoms with Crippen LogP contribution in [-0.4, -0.2) is 52.6 Å². The topological polar surface area (TPSA) is 69.6 Å². The number of carboxylic acids is 1. The van der Waals surface area contributed by atoms with Gasteiger partial charge >= 0.3 is 12.0 Å². The van der Waals surface area contributed by atoms with E-state index in [1.165, 1.54) is 0 Å². The second kappa shape index (κ2) is 6.90. The number of nitrogens with one attached hydrogen (secondary N) is 1. The second-order valence-electron chi connectivity index (χ2n) is 6.27. The molecule has 0 spiro atoms. The largest absolute Gasteiger partial charge is 0.481 e. The maximum absolute atomic E-state index is 12.3. The van der Waals surface area contributed by atoms with E-state index >= 15 is 0 Å². The van der Waals surface area contributed by atoms with Crippen LogP contribution in [-0.2, 0) is 4.79 Å². The van der Waals surface area contributed by atoms with Crippen molar-refractivity contribution in [3.05, 3.63) is 0 Å². The van der Waals surface area contributed by atoms with Crippen LogP contribution >= 0.6 is 11.8 Å². The van der Waals surface area contributed by atoms with Gasteiger partial charge in [0.2, 0.25) is 0 Å². The fourth-order valence-electron chi connectivity index (χ4n) is 3.57. The summed E-state index contributed by atoms with van der Waals surface area (Å²) in [6.45, 7) is 5.10. The lowest BCUT2D eigenvalue weighted by atomic mass is 9.81. The average Bonchev–Trinajstić information content (AvgIpc) is 2.96. The number of likely N-dealkylation sites (tertiary alicyclic amines) is 1.